The first-order valence-corrected chi connectivity index (χ1v) is 10.3. The molecule has 3 aliphatic rings. The van der Waals surface area contributed by atoms with Crippen molar-refractivity contribution in [1.82, 2.24) is 15.6 Å². The first kappa shape index (κ1) is 17.4. The number of hydrogen-bond donors (Lipinski definition) is 2. The number of carbonyl (C=O) groups excluding carboxylic acids is 1. The Kier molecular flexibility index (Phi) is 4.61. The Morgan fingerprint density at radius 1 is 1.14 bits per heavy atom. The molecule has 0 aromatic heterocycles. The molecule has 0 aliphatic carbocycles. The molecule has 5 rings (SSSR count). The average molecular weight is 374 g/mol. The monoisotopic (exact) mass is 374 g/mol. The second-order valence-electron chi connectivity index (χ2n) is 8.10. The van der Waals surface area contributed by atoms with E-state index in [1.807, 2.05) is 23.1 Å². The SMILES string of the molecule is O=C(c1cccc(CC2=NNCc3ccccc32)c1)N1CC2CCCNC2C1. The van der Waals surface area contributed by atoms with Gasteiger partial charge in [0.2, 0.25) is 0 Å². The normalized spacial score (nSPS) is 23.4. The summed E-state index contributed by atoms with van der Waals surface area (Å²) >= 11 is 0. The third kappa shape index (κ3) is 3.31. The molecule has 0 saturated carbocycles. The molecule has 1 amide bonds. The van der Waals surface area contributed by atoms with Gasteiger partial charge in [-0.05, 0) is 48.6 Å². The number of fused-ring (bicyclic) bond motifs is 2. The standard InChI is InChI=1S/C23H26N4O/c28-23(27-14-19-8-4-10-24-22(19)15-27)17-7-3-5-16(11-17)12-21-20-9-2-1-6-18(20)13-25-26-21/h1-3,5-7,9,11,19,22,24-25H,4,8,10,12-15H2. The molecule has 3 heterocycles. The van der Waals surface area contributed by atoms with Crippen LogP contribution in [0.15, 0.2) is 53.6 Å². The molecule has 5 nitrogen and oxygen atoms in total. The molecule has 2 atom stereocenters. The number of likely N-dealkylation sites (tertiary alicyclic amines) is 1. The van der Waals surface area contributed by atoms with E-state index in [9.17, 15) is 4.79 Å². The zero-order valence-corrected chi connectivity index (χ0v) is 16.0. The van der Waals surface area contributed by atoms with Gasteiger partial charge in [0.15, 0.2) is 0 Å². The van der Waals surface area contributed by atoms with Crippen LogP contribution in [0.5, 0.6) is 0 Å². The Morgan fingerprint density at radius 2 is 2.07 bits per heavy atom. The van der Waals surface area contributed by atoms with Gasteiger partial charge in [-0.25, -0.2) is 0 Å². The summed E-state index contributed by atoms with van der Waals surface area (Å²) in [6.07, 6.45) is 3.17. The van der Waals surface area contributed by atoms with Crippen LogP contribution in [0.3, 0.4) is 0 Å². The minimum absolute atomic E-state index is 0.155. The summed E-state index contributed by atoms with van der Waals surface area (Å²) in [5.74, 6) is 0.766. The Bertz CT molecular complexity index is 908. The zero-order valence-electron chi connectivity index (χ0n) is 16.0. The van der Waals surface area contributed by atoms with Gasteiger partial charge in [-0.3, -0.25) is 4.79 Å². The molecule has 0 radical (unpaired) electrons. The molecule has 2 aromatic rings. The second-order valence-corrected chi connectivity index (χ2v) is 8.10. The average Bonchev–Trinajstić information content (AvgIpc) is 3.18. The van der Waals surface area contributed by atoms with Crippen molar-refractivity contribution in [3.63, 3.8) is 0 Å². The maximum atomic E-state index is 13.1. The van der Waals surface area contributed by atoms with Crippen molar-refractivity contribution >= 4 is 11.6 Å². The maximum absolute atomic E-state index is 13.1. The highest BCUT2D eigenvalue weighted by Crippen LogP contribution is 2.26. The lowest BCUT2D eigenvalue weighted by atomic mass is 9.94. The van der Waals surface area contributed by atoms with Crippen LogP contribution in [0.2, 0.25) is 0 Å². The molecule has 3 aliphatic heterocycles. The van der Waals surface area contributed by atoms with Crippen LogP contribution in [-0.4, -0.2) is 42.2 Å². The molecule has 2 saturated heterocycles. The molecule has 144 valence electrons. The number of piperidine rings is 1. The van der Waals surface area contributed by atoms with Gasteiger partial charge >= 0.3 is 0 Å². The molecule has 0 bridgehead atoms. The van der Waals surface area contributed by atoms with Crippen molar-refractivity contribution in [2.24, 2.45) is 11.0 Å². The fourth-order valence-corrected chi connectivity index (χ4v) is 4.77. The second kappa shape index (κ2) is 7.40. The molecule has 2 aromatic carbocycles. The van der Waals surface area contributed by atoms with Gasteiger partial charge < -0.3 is 15.6 Å². The fourth-order valence-electron chi connectivity index (χ4n) is 4.77. The van der Waals surface area contributed by atoms with E-state index in [-0.39, 0.29) is 5.91 Å². The highest BCUT2D eigenvalue weighted by Gasteiger charge is 2.36. The van der Waals surface area contributed by atoms with E-state index in [4.69, 9.17) is 0 Å². The minimum Gasteiger partial charge on any atom is -0.337 e. The van der Waals surface area contributed by atoms with Crippen LogP contribution < -0.4 is 10.7 Å². The molecule has 2 fully saturated rings. The number of benzene rings is 2. The molecular formula is C23H26N4O. The van der Waals surface area contributed by atoms with Crippen molar-refractivity contribution < 1.29 is 4.79 Å². The third-order valence-electron chi connectivity index (χ3n) is 6.24. The summed E-state index contributed by atoms with van der Waals surface area (Å²) in [4.78, 5) is 15.1. The lowest BCUT2D eigenvalue weighted by molar-refractivity contribution is 0.0785. The van der Waals surface area contributed by atoms with Gasteiger partial charge in [0, 0.05) is 36.7 Å². The predicted molar refractivity (Wildman–Crippen MR) is 110 cm³/mol. The van der Waals surface area contributed by atoms with Crippen LogP contribution >= 0.6 is 0 Å². The summed E-state index contributed by atoms with van der Waals surface area (Å²) in [6, 6.07) is 16.9. The van der Waals surface area contributed by atoms with Crippen LogP contribution in [0, 0.1) is 5.92 Å². The molecule has 5 heteroatoms. The quantitative estimate of drug-likeness (QED) is 0.868. The van der Waals surface area contributed by atoms with Crippen LogP contribution in [-0.2, 0) is 13.0 Å². The minimum atomic E-state index is 0.155. The third-order valence-corrected chi connectivity index (χ3v) is 6.24. The van der Waals surface area contributed by atoms with Gasteiger partial charge in [-0.15, -0.1) is 0 Å². The molecule has 2 unspecified atom stereocenters. The summed E-state index contributed by atoms with van der Waals surface area (Å²) in [5.41, 5.74) is 8.54. The highest BCUT2D eigenvalue weighted by molar-refractivity contribution is 6.03. The van der Waals surface area contributed by atoms with Gasteiger partial charge in [0.25, 0.3) is 5.91 Å². The van der Waals surface area contributed by atoms with Crippen LogP contribution in [0.25, 0.3) is 0 Å². The summed E-state index contributed by atoms with van der Waals surface area (Å²) in [5, 5.41) is 8.11. The van der Waals surface area contributed by atoms with E-state index in [1.54, 1.807) is 0 Å². The van der Waals surface area contributed by atoms with Crippen LogP contribution in [0.4, 0.5) is 0 Å². The van der Waals surface area contributed by atoms with E-state index < -0.39 is 0 Å². The summed E-state index contributed by atoms with van der Waals surface area (Å²) in [6.45, 7) is 3.56. The number of rotatable bonds is 3. The molecule has 0 spiro atoms. The lowest BCUT2D eigenvalue weighted by Crippen LogP contribution is -2.41. The summed E-state index contributed by atoms with van der Waals surface area (Å²) < 4.78 is 0. The number of nitrogens with one attached hydrogen (secondary N) is 2. The van der Waals surface area contributed by atoms with Crippen LogP contribution in [0.1, 0.15) is 39.9 Å². The van der Waals surface area contributed by atoms with Gasteiger partial charge in [0.05, 0.1) is 12.3 Å². The van der Waals surface area contributed by atoms with E-state index in [1.165, 1.54) is 24.0 Å². The van der Waals surface area contributed by atoms with Crippen molar-refractivity contribution in [3.05, 3.63) is 70.8 Å². The van der Waals surface area contributed by atoms with Crippen molar-refractivity contribution in [2.45, 2.75) is 31.8 Å². The number of hydrazone groups is 1. The van der Waals surface area contributed by atoms with Crippen molar-refractivity contribution in [1.29, 1.82) is 0 Å². The number of hydrogen-bond acceptors (Lipinski definition) is 4. The van der Waals surface area contributed by atoms with E-state index in [0.717, 1.165) is 49.4 Å². The highest BCUT2D eigenvalue weighted by atomic mass is 16.2. The van der Waals surface area contributed by atoms with Gasteiger partial charge in [-0.1, -0.05) is 36.4 Å². The summed E-state index contributed by atoms with van der Waals surface area (Å²) in [7, 11) is 0. The Labute approximate surface area is 165 Å². The van der Waals surface area contributed by atoms with E-state index >= 15 is 0 Å². The number of nitrogens with zero attached hydrogens (tertiary/aromatic N) is 2. The smallest absolute Gasteiger partial charge is 0.253 e. The number of amides is 1. The first-order valence-electron chi connectivity index (χ1n) is 10.3. The van der Waals surface area contributed by atoms with E-state index in [0.29, 0.717) is 12.0 Å². The largest absolute Gasteiger partial charge is 0.337 e. The topological polar surface area (TPSA) is 56.7 Å². The van der Waals surface area contributed by atoms with Crippen molar-refractivity contribution in [3.8, 4) is 0 Å². The lowest BCUT2D eigenvalue weighted by Gasteiger charge is -2.24. The Morgan fingerprint density at radius 3 is 3.00 bits per heavy atom. The zero-order chi connectivity index (χ0) is 18.9. The fraction of sp³-hybridized carbons (Fsp3) is 0.391. The first-order chi connectivity index (χ1) is 13.8. The molecular weight excluding hydrogens is 348 g/mol. The maximum Gasteiger partial charge on any atom is 0.253 e. The van der Waals surface area contributed by atoms with Gasteiger partial charge in [-0.2, -0.15) is 5.10 Å². The van der Waals surface area contributed by atoms with Gasteiger partial charge in [0.1, 0.15) is 0 Å². The molecule has 28 heavy (non-hydrogen) atoms. The number of carbonyl (C=O) groups is 1. The Balaban J connectivity index is 1.33. The van der Waals surface area contributed by atoms with Crippen molar-refractivity contribution in [2.75, 3.05) is 19.6 Å². The molecule has 2 N–H and O–H groups in total. The predicted octanol–water partition coefficient (Wildman–Crippen LogP) is 2.56. The Hall–Kier alpha value is -2.66. The van der Waals surface area contributed by atoms with E-state index in [2.05, 4.69) is 46.2 Å².